The second kappa shape index (κ2) is 5.99. The minimum Gasteiger partial charge on any atom is -0.507 e. The minimum absolute atomic E-state index is 0.0105. The number of rotatable bonds is 4. The molecule has 0 radical (unpaired) electrons. The highest BCUT2D eigenvalue weighted by Gasteiger charge is 2.20. The third kappa shape index (κ3) is 3.07. The lowest BCUT2D eigenvalue weighted by Gasteiger charge is -2.12. The highest BCUT2D eigenvalue weighted by Crippen LogP contribution is 2.32. The number of benzene rings is 3. The van der Waals surface area contributed by atoms with E-state index in [2.05, 4.69) is 4.72 Å². The average molecular weight is 359 g/mol. The molecule has 0 atom stereocenters. The molecule has 0 aliphatic carbocycles. The summed E-state index contributed by atoms with van der Waals surface area (Å²) < 4.78 is 27.5. The summed E-state index contributed by atoms with van der Waals surface area (Å²) >= 11 is 0. The summed E-state index contributed by atoms with van der Waals surface area (Å²) in [5, 5.41) is 29.4. The lowest BCUT2D eigenvalue weighted by Crippen LogP contribution is -2.14. The van der Waals surface area contributed by atoms with Crippen molar-refractivity contribution in [3.8, 4) is 11.5 Å². The molecule has 128 valence electrons. The van der Waals surface area contributed by atoms with Crippen molar-refractivity contribution in [1.29, 1.82) is 0 Å². The van der Waals surface area contributed by atoms with Crippen molar-refractivity contribution in [1.82, 2.24) is 0 Å². The number of hydrogen-bond donors (Lipinski definition) is 4. The van der Waals surface area contributed by atoms with E-state index in [1.807, 2.05) is 0 Å². The molecule has 3 aromatic carbocycles. The van der Waals surface area contributed by atoms with Gasteiger partial charge in [-0.25, -0.2) is 13.2 Å². The Bertz CT molecular complexity index is 1090. The van der Waals surface area contributed by atoms with Gasteiger partial charge in [0.25, 0.3) is 10.0 Å². The molecule has 0 saturated carbocycles. The Kier molecular flexibility index (Phi) is 3.97. The van der Waals surface area contributed by atoms with Crippen LogP contribution in [0.25, 0.3) is 10.8 Å². The second-order valence-electron chi connectivity index (χ2n) is 5.27. The first-order valence-corrected chi connectivity index (χ1v) is 8.58. The maximum Gasteiger partial charge on any atom is 0.339 e. The number of phenolic OH excluding ortho intramolecular Hbond substituents is 1. The fraction of sp³-hybridized carbons (Fsp3) is 0. The van der Waals surface area contributed by atoms with E-state index in [-0.39, 0.29) is 16.3 Å². The summed E-state index contributed by atoms with van der Waals surface area (Å²) in [4.78, 5) is 10.8. The molecule has 0 unspecified atom stereocenters. The van der Waals surface area contributed by atoms with Gasteiger partial charge in [0.1, 0.15) is 17.1 Å². The molecule has 7 nitrogen and oxygen atoms in total. The summed E-state index contributed by atoms with van der Waals surface area (Å²) in [5.41, 5.74) is -0.281. The molecule has 3 rings (SSSR count). The zero-order valence-electron chi connectivity index (χ0n) is 12.7. The monoisotopic (exact) mass is 359 g/mol. The molecule has 4 N–H and O–H groups in total. The number of phenols is 2. The third-order valence-corrected chi connectivity index (χ3v) is 5.02. The largest absolute Gasteiger partial charge is 0.507 e. The van der Waals surface area contributed by atoms with Crippen LogP contribution in [0.5, 0.6) is 11.5 Å². The van der Waals surface area contributed by atoms with E-state index in [1.54, 1.807) is 24.3 Å². The molecular weight excluding hydrogens is 346 g/mol. The fourth-order valence-electron chi connectivity index (χ4n) is 2.43. The molecule has 0 aromatic heterocycles. The Morgan fingerprint density at radius 3 is 2.20 bits per heavy atom. The Hall–Kier alpha value is -3.26. The van der Waals surface area contributed by atoms with E-state index in [0.717, 1.165) is 18.2 Å². The first-order valence-electron chi connectivity index (χ1n) is 7.09. The van der Waals surface area contributed by atoms with Crippen molar-refractivity contribution in [2.24, 2.45) is 0 Å². The van der Waals surface area contributed by atoms with Gasteiger partial charge in [0.2, 0.25) is 0 Å². The zero-order chi connectivity index (χ0) is 18.2. The number of aromatic carboxylic acids is 1. The van der Waals surface area contributed by atoms with Crippen LogP contribution in [0.4, 0.5) is 5.69 Å². The van der Waals surface area contributed by atoms with Gasteiger partial charge in [-0.05, 0) is 30.3 Å². The van der Waals surface area contributed by atoms with E-state index in [0.29, 0.717) is 10.8 Å². The Morgan fingerprint density at radius 2 is 1.52 bits per heavy atom. The topological polar surface area (TPSA) is 124 Å². The highest BCUT2D eigenvalue weighted by atomic mass is 32.2. The maximum atomic E-state index is 12.6. The summed E-state index contributed by atoms with van der Waals surface area (Å²) in [5.74, 6) is -1.96. The predicted octanol–water partition coefficient (Wildman–Crippen LogP) is 2.75. The van der Waals surface area contributed by atoms with Crippen molar-refractivity contribution in [3.63, 3.8) is 0 Å². The van der Waals surface area contributed by atoms with Gasteiger partial charge in [-0.15, -0.1) is 0 Å². The first kappa shape index (κ1) is 16.6. The van der Waals surface area contributed by atoms with Crippen LogP contribution in [0.2, 0.25) is 0 Å². The zero-order valence-corrected chi connectivity index (χ0v) is 13.5. The van der Waals surface area contributed by atoms with E-state index in [9.17, 15) is 23.4 Å². The number of fused-ring (bicyclic) bond motifs is 1. The number of anilines is 1. The highest BCUT2D eigenvalue weighted by molar-refractivity contribution is 7.92. The standard InChI is InChI=1S/C17H13NO6S/c19-15-8-6-14(11-3-1-2-4-12(11)15)18-25(23,24)10-5-7-16(20)13(9-10)17(21)22/h1-9,18-20H,(H,21,22). The minimum atomic E-state index is -4.10. The maximum absolute atomic E-state index is 12.6. The van der Waals surface area contributed by atoms with Crippen molar-refractivity contribution < 1.29 is 28.5 Å². The molecule has 0 bridgehead atoms. The number of aromatic hydroxyl groups is 2. The molecular formula is C17H13NO6S. The van der Waals surface area contributed by atoms with Crippen LogP contribution in [0.1, 0.15) is 10.4 Å². The molecule has 25 heavy (non-hydrogen) atoms. The van der Waals surface area contributed by atoms with Crippen molar-refractivity contribution in [2.45, 2.75) is 4.90 Å². The van der Waals surface area contributed by atoms with Gasteiger partial charge in [-0.2, -0.15) is 0 Å². The number of carboxylic acids is 1. The average Bonchev–Trinajstić information content (AvgIpc) is 2.57. The molecule has 0 aliphatic rings. The van der Waals surface area contributed by atoms with E-state index >= 15 is 0 Å². The summed E-state index contributed by atoms with van der Waals surface area (Å²) in [6.07, 6.45) is 0. The van der Waals surface area contributed by atoms with Crippen LogP contribution in [0.15, 0.2) is 59.5 Å². The molecule has 8 heteroatoms. The third-order valence-electron chi connectivity index (χ3n) is 3.65. The van der Waals surface area contributed by atoms with Crippen molar-refractivity contribution >= 4 is 32.5 Å². The SMILES string of the molecule is O=C(O)c1cc(S(=O)(=O)Nc2ccc(O)c3ccccc23)ccc1O. The number of nitrogens with one attached hydrogen (secondary N) is 1. The molecule has 0 saturated heterocycles. The van der Waals surface area contributed by atoms with Crippen LogP contribution < -0.4 is 4.72 Å². The van der Waals surface area contributed by atoms with Crippen LogP contribution in [0.3, 0.4) is 0 Å². The van der Waals surface area contributed by atoms with Gasteiger partial charge in [0.15, 0.2) is 0 Å². The summed E-state index contributed by atoms with van der Waals surface area (Å²) in [6.45, 7) is 0. The van der Waals surface area contributed by atoms with Crippen LogP contribution in [0, 0.1) is 0 Å². The first-order chi connectivity index (χ1) is 11.8. The van der Waals surface area contributed by atoms with Crippen LogP contribution in [-0.4, -0.2) is 29.7 Å². The Labute approximate surface area is 142 Å². The smallest absolute Gasteiger partial charge is 0.339 e. The van der Waals surface area contributed by atoms with Crippen LogP contribution >= 0.6 is 0 Å². The van der Waals surface area contributed by atoms with Crippen molar-refractivity contribution in [3.05, 3.63) is 60.2 Å². The number of sulfonamides is 1. The molecule has 0 heterocycles. The number of carbonyl (C=O) groups is 1. The Balaban J connectivity index is 2.08. The molecule has 3 aromatic rings. The quantitative estimate of drug-likeness (QED) is 0.531. The summed E-state index contributed by atoms with van der Waals surface area (Å²) in [6, 6.07) is 12.5. The lowest BCUT2D eigenvalue weighted by atomic mass is 10.1. The normalized spacial score (nSPS) is 11.4. The van der Waals surface area contributed by atoms with Crippen LogP contribution in [-0.2, 0) is 10.0 Å². The van der Waals surface area contributed by atoms with Gasteiger partial charge in [-0.3, -0.25) is 4.72 Å². The van der Waals surface area contributed by atoms with E-state index in [4.69, 9.17) is 5.11 Å². The molecule has 0 amide bonds. The van der Waals surface area contributed by atoms with Gasteiger partial charge < -0.3 is 15.3 Å². The van der Waals surface area contributed by atoms with E-state index in [1.165, 1.54) is 12.1 Å². The second-order valence-corrected chi connectivity index (χ2v) is 6.95. The number of carboxylic acid groups (broad SMARTS) is 1. The van der Waals surface area contributed by atoms with Gasteiger partial charge in [-0.1, -0.05) is 24.3 Å². The Morgan fingerprint density at radius 1 is 0.880 bits per heavy atom. The predicted molar refractivity (Wildman–Crippen MR) is 91.5 cm³/mol. The molecule has 0 aliphatic heterocycles. The molecule has 0 spiro atoms. The van der Waals surface area contributed by atoms with Gasteiger partial charge in [0.05, 0.1) is 10.6 Å². The summed E-state index contributed by atoms with van der Waals surface area (Å²) in [7, 11) is -4.10. The lowest BCUT2D eigenvalue weighted by molar-refractivity contribution is 0.0693. The van der Waals surface area contributed by atoms with Gasteiger partial charge in [0, 0.05) is 10.8 Å². The number of hydrogen-bond acceptors (Lipinski definition) is 5. The van der Waals surface area contributed by atoms with E-state index < -0.39 is 27.3 Å². The fourth-order valence-corrected chi connectivity index (χ4v) is 3.54. The molecule has 0 fully saturated rings. The van der Waals surface area contributed by atoms with Gasteiger partial charge >= 0.3 is 5.97 Å². The van der Waals surface area contributed by atoms with Crippen molar-refractivity contribution in [2.75, 3.05) is 4.72 Å².